The minimum absolute atomic E-state index is 0.0129. The zero-order valence-corrected chi connectivity index (χ0v) is 31.7. The smallest absolute Gasteiger partial charge is 0.330 e. The molecule has 2 heterocycles. The van der Waals surface area contributed by atoms with Gasteiger partial charge in [-0.3, -0.25) is 24.2 Å². The number of hydrogen-bond donors (Lipinski definition) is 13. The lowest BCUT2D eigenvalue weighted by atomic mass is 10.1. The van der Waals surface area contributed by atoms with Gasteiger partial charge < -0.3 is 81.0 Å². The second-order valence-corrected chi connectivity index (χ2v) is 12.7. The van der Waals surface area contributed by atoms with Gasteiger partial charge in [0.15, 0.2) is 5.96 Å². The van der Waals surface area contributed by atoms with Crippen LogP contribution in [0.3, 0.4) is 0 Å². The van der Waals surface area contributed by atoms with Gasteiger partial charge in [0.05, 0.1) is 6.33 Å². The highest BCUT2D eigenvalue weighted by molar-refractivity contribution is 5.90. The average Bonchev–Trinajstić information content (AvgIpc) is 3.85. The van der Waals surface area contributed by atoms with Crippen molar-refractivity contribution in [3.05, 3.63) is 18.2 Å². The van der Waals surface area contributed by atoms with E-state index in [2.05, 4.69) is 25.0 Å². The van der Waals surface area contributed by atoms with Crippen molar-refractivity contribution in [3.63, 3.8) is 0 Å². The lowest BCUT2D eigenvalue weighted by Crippen LogP contribution is -2.45. The number of aliphatic carboxylic acids is 3. The summed E-state index contributed by atoms with van der Waals surface area (Å²) in [6.45, 7) is 6.78. The van der Waals surface area contributed by atoms with E-state index in [1.807, 2.05) is 0 Å². The highest BCUT2D eigenvalue weighted by Gasteiger charge is 2.29. The van der Waals surface area contributed by atoms with Crippen LogP contribution in [0.2, 0.25) is 0 Å². The number of esters is 3. The Kier molecular flexibility index (Phi) is 28.1. The lowest BCUT2D eigenvalue weighted by Gasteiger charge is -2.19. The Morgan fingerprint density at radius 2 is 1.44 bits per heavy atom. The number of carboxylic acids is 3. The molecule has 0 aliphatic carbocycles. The maximum absolute atomic E-state index is 11.6. The molecular formula is C32H62N12O11. The number of carbonyl (C=O) groups is 6. The molecule has 0 bridgehead atoms. The van der Waals surface area contributed by atoms with Crippen molar-refractivity contribution in [2.45, 2.75) is 114 Å². The number of carbonyl (C=O) groups excluding carboxylic acids is 3. The van der Waals surface area contributed by atoms with E-state index < -0.39 is 72.1 Å². The maximum atomic E-state index is 11.6. The van der Waals surface area contributed by atoms with Crippen molar-refractivity contribution in [1.29, 1.82) is 0 Å². The lowest BCUT2D eigenvalue weighted by molar-refractivity contribution is -0.162. The van der Waals surface area contributed by atoms with Gasteiger partial charge in [-0.25, -0.2) is 14.6 Å². The number of nitrogens with one attached hydrogen (secondary N) is 2. The Morgan fingerprint density at radius 1 is 0.855 bits per heavy atom. The molecule has 0 unspecified atom stereocenters. The standard InChI is InChI=1S/C12H21N5O3.C9H16N2O4.C6H14N4O2.C5H11NO2/c13-4-2-1-3-9(14)11(18)20-12(19)10(15)5-8-6-16-7-17-8;1-5(7(10)8(12)13)15-9(14)6-3-2-4-11-6;7-4(5(11)12)2-1-3-10-6(8)9;1-3(2)4(6)5(7)8/h6-7,9-10H,1-5,13-15H2,(H,16,17);5-7,11H,2-4,10H2,1H3,(H,12,13);4H,1-3,7H2,(H,11,12)(H4,8,9,10);3-4H,6H2,1-2H3,(H,7,8)/t9-,10-;5-,6+,7+;2*4-/m0100/s1. The molecule has 23 nitrogen and oxygen atoms in total. The number of imidazole rings is 1. The molecule has 1 saturated heterocycles. The van der Waals surface area contributed by atoms with E-state index >= 15 is 0 Å². The van der Waals surface area contributed by atoms with Crippen molar-refractivity contribution < 1.29 is 53.6 Å². The first kappa shape index (κ1) is 52.3. The Labute approximate surface area is 319 Å². The van der Waals surface area contributed by atoms with Crippen LogP contribution in [0.15, 0.2) is 17.5 Å². The number of nitrogens with two attached hydrogens (primary N) is 8. The van der Waals surface area contributed by atoms with Crippen LogP contribution in [0, 0.1) is 5.92 Å². The fourth-order valence-corrected chi connectivity index (χ4v) is 3.95. The number of H-pyrrole nitrogens is 1. The van der Waals surface area contributed by atoms with Crippen LogP contribution >= 0.6 is 0 Å². The minimum atomic E-state index is -1.17. The molecule has 55 heavy (non-hydrogen) atoms. The van der Waals surface area contributed by atoms with Crippen LogP contribution in [0.1, 0.15) is 71.4 Å². The molecule has 316 valence electrons. The van der Waals surface area contributed by atoms with E-state index in [4.69, 9.17) is 65.9 Å². The Balaban J connectivity index is 0. The summed E-state index contributed by atoms with van der Waals surface area (Å²) in [6.07, 6.45) is 6.96. The van der Waals surface area contributed by atoms with Crippen molar-refractivity contribution in [1.82, 2.24) is 15.3 Å². The van der Waals surface area contributed by atoms with Gasteiger partial charge in [0.1, 0.15) is 42.4 Å². The third-order valence-corrected chi connectivity index (χ3v) is 7.50. The fraction of sp³-hybridized carbons (Fsp3) is 0.688. The monoisotopic (exact) mass is 790 g/mol. The van der Waals surface area contributed by atoms with Crippen LogP contribution in [0.4, 0.5) is 0 Å². The SMILES string of the molecule is CC(C)[C@H](N)C(=O)O.C[C@@H](OC(=O)[C@@H]1CCCN1)[C@H](N)C(=O)O.NC(N)=NCCC[C@H](N)C(=O)O.NCCCC[C@H](N)C(=O)OC(=O)[C@@H](N)Cc1cnc[nH]1. The van der Waals surface area contributed by atoms with E-state index in [9.17, 15) is 28.8 Å². The summed E-state index contributed by atoms with van der Waals surface area (Å²) in [5, 5.41) is 28.2. The number of aromatic nitrogens is 2. The number of aromatic amines is 1. The molecule has 0 radical (unpaired) electrons. The topological polar surface area (TPSA) is 443 Å². The molecule has 1 aliphatic rings. The van der Waals surface area contributed by atoms with E-state index in [1.165, 1.54) is 13.3 Å². The van der Waals surface area contributed by atoms with Gasteiger partial charge in [0, 0.05) is 24.9 Å². The molecule has 2 rings (SSSR count). The predicted octanol–water partition coefficient (Wildman–Crippen LogP) is -3.61. The van der Waals surface area contributed by atoms with Gasteiger partial charge >= 0.3 is 35.8 Å². The highest BCUT2D eigenvalue weighted by Crippen LogP contribution is 2.09. The molecule has 1 aromatic heterocycles. The molecule has 1 aliphatic heterocycles. The summed E-state index contributed by atoms with van der Waals surface area (Å²) in [5.41, 5.74) is 43.1. The van der Waals surface area contributed by atoms with Crippen molar-refractivity contribution in [3.8, 4) is 0 Å². The summed E-state index contributed by atoms with van der Waals surface area (Å²) in [4.78, 5) is 75.7. The zero-order chi connectivity index (χ0) is 42.7. The molecule has 1 fully saturated rings. The van der Waals surface area contributed by atoms with Crippen molar-refractivity contribution in [2.24, 2.45) is 56.8 Å². The molecule has 0 spiro atoms. The van der Waals surface area contributed by atoms with Crippen LogP contribution in [0.25, 0.3) is 0 Å². The van der Waals surface area contributed by atoms with Gasteiger partial charge in [-0.1, -0.05) is 20.3 Å². The van der Waals surface area contributed by atoms with E-state index in [0.717, 1.165) is 25.8 Å². The van der Waals surface area contributed by atoms with E-state index in [1.54, 1.807) is 20.0 Å². The van der Waals surface area contributed by atoms with E-state index in [0.29, 0.717) is 44.5 Å². The third-order valence-electron chi connectivity index (χ3n) is 7.50. The summed E-state index contributed by atoms with van der Waals surface area (Å²) in [6, 6.07) is -4.78. The number of hydrogen-bond acceptors (Lipinski definition) is 17. The predicted molar refractivity (Wildman–Crippen MR) is 200 cm³/mol. The fourth-order valence-electron chi connectivity index (χ4n) is 3.95. The first-order valence-corrected chi connectivity index (χ1v) is 17.5. The number of guanidine groups is 1. The molecule has 21 N–H and O–H groups in total. The molecule has 0 saturated carbocycles. The van der Waals surface area contributed by atoms with Gasteiger partial charge in [0.25, 0.3) is 0 Å². The highest BCUT2D eigenvalue weighted by atomic mass is 16.6. The van der Waals surface area contributed by atoms with Gasteiger partial charge in [-0.15, -0.1) is 0 Å². The van der Waals surface area contributed by atoms with Crippen molar-refractivity contribution >= 4 is 41.8 Å². The molecular weight excluding hydrogens is 728 g/mol. The largest absolute Gasteiger partial charge is 0.480 e. The van der Waals surface area contributed by atoms with E-state index in [-0.39, 0.29) is 24.3 Å². The molecule has 0 aromatic carbocycles. The number of unbranched alkanes of at least 4 members (excludes halogenated alkanes) is 1. The number of rotatable bonds is 19. The van der Waals surface area contributed by atoms with Gasteiger partial charge in [-0.2, -0.15) is 0 Å². The third kappa shape index (κ3) is 25.8. The number of nitrogens with zero attached hydrogens (tertiary/aromatic N) is 2. The summed E-state index contributed by atoms with van der Waals surface area (Å²) >= 11 is 0. The Hall–Kier alpha value is -4.78. The summed E-state index contributed by atoms with van der Waals surface area (Å²) in [7, 11) is 0. The summed E-state index contributed by atoms with van der Waals surface area (Å²) in [5.74, 6) is -5.04. The number of ether oxygens (including phenoxy) is 2. The molecule has 0 amide bonds. The number of aliphatic imine (C=N–C) groups is 1. The van der Waals surface area contributed by atoms with Crippen LogP contribution in [0.5, 0.6) is 0 Å². The maximum Gasteiger partial charge on any atom is 0.330 e. The molecule has 23 heteroatoms. The normalized spacial score (nSPS) is 16.4. The zero-order valence-electron chi connectivity index (χ0n) is 31.7. The van der Waals surface area contributed by atoms with Crippen molar-refractivity contribution in [2.75, 3.05) is 19.6 Å². The Bertz CT molecular complexity index is 1310. The quantitative estimate of drug-likeness (QED) is 0.0211. The van der Waals surface area contributed by atoms with Crippen LogP contribution < -0.4 is 51.2 Å². The summed E-state index contributed by atoms with van der Waals surface area (Å²) < 4.78 is 9.61. The van der Waals surface area contributed by atoms with Gasteiger partial charge in [-0.05, 0) is 64.5 Å². The van der Waals surface area contributed by atoms with Crippen LogP contribution in [-0.4, -0.2) is 129 Å². The minimum Gasteiger partial charge on any atom is -0.480 e. The second kappa shape index (κ2) is 29.6. The second-order valence-electron chi connectivity index (χ2n) is 12.7. The van der Waals surface area contributed by atoms with Crippen LogP contribution in [-0.2, 0) is 44.7 Å². The first-order valence-electron chi connectivity index (χ1n) is 17.5. The van der Waals surface area contributed by atoms with Gasteiger partial charge in [0.2, 0.25) is 0 Å². The molecule has 1 aromatic rings. The average molecular weight is 791 g/mol. The molecule has 7 atom stereocenters. The first-order chi connectivity index (χ1) is 25.7. The Morgan fingerprint density at radius 3 is 1.87 bits per heavy atom. The number of carboxylic acid groups (broad SMARTS) is 3.